The molecule has 0 aromatic heterocycles. The van der Waals surface area contributed by atoms with Gasteiger partial charge in [-0.2, -0.15) is 0 Å². The summed E-state index contributed by atoms with van der Waals surface area (Å²) in [6.07, 6.45) is 0. The molecule has 0 amide bonds. The second kappa shape index (κ2) is 7.48. The zero-order chi connectivity index (χ0) is 16.9. The molecule has 0 atom stereocenters. The number of hydrogen-bond acceptors (Lipinski definition) is 4. The van der Waals surface area contributed by atoms with Gasteiger partial charge in [-0.3, -0.25) is 0 Å². The normalized spacial score (nSPS) is 11.3. The van der Waals surface area contributed by atoms with Gasteiger partial charge in [0, 0.05) is 6.54 Å². The lowest BCUT2D eigenvalue weighted by molar-refractivity contribution is 0.298. The van der Waals surface area contributed by atoms with Crippen LogP contribution in [-0.2, 0) is 10.0 Å². The highest BCUT2D eigenvalue weighted by Crippen LogP contribution is 2.27. The van der Waals surface area contributed by atoms with Gasteiger partial charge in [0.15, 0.2) is 11.5 Å². The molecule has 0 unspecified atom stereocenters. The number of ether oxygens (including phenoxy) is 2. The lowest BCUT2D eigenvalue weighted by atomic mass is 10.2. The Morgan fingerprint density at radius 3 is 2.26 bits per heavy atom. The number of benzene rings is 2. The van der Waals surface area contributed by atoms with Crippen molar-refractivity contribution in [1.29, 1.82) is 0 Å². The molecule has 0 heterocycles. The second-order valence-corrected chi connectivity index (χ2v) is 6.98. The number of nitrogens with one attached hydrogen (secondary N) is 1. The molecule has 2 aromatic carbocycles. The first kappa shape index (κ1) is 17.3. The zero-order valence-corrected chi connectivity index (χ0v) is 14.3. The molecule has 0 saturated carbocycles. The van der Waals surface area contributed by atoms with Crippen LogP contribution in [-0.4, -0.2) is 28.7 Å². The van der Waals surface area contributed by atoms with Crippen LogP contribution in [0.5, 0.6) is 11.5 Å². The third kappa shape index (κ3) is 4.71. The summed E-state index contributed by atoms with van der Waals surface area (Å²) in [6, 6.07) is 12.3. The number of methoxy groups -OCH3 is 1. The van der Waals surface area contributed by atoms with Crippen molar-refractivity contribution in [3.05, 3.63) is 53.6 Å². The van der Waals surface area contributed by atoms with E-state index in [1.807, 2.05) is 32.0 Å². The topological polar surface area (TPSA) is 64.6 Å². The van der Waals surface area contributed by atoms with E-state index in [1.54, 1.807) is 31.4 Å². The van der Waals surface area contributed by atoms with Crippen LogP contribution in [0.1, 0.15) is 11.1 Å². The van der Waals surface area contributed by atoms with Gasteiger partial charge < -0.3 is 9.47 Å². The summed E-state index contributed by atoms with van der Waals surface area (Å²) in [4.78, 5) is 0.246. The van der Waals surface area contributed by atoms with Crippen LogP contribution < -0.4 is 14.2 Å². The maximum Gasteiger partial charge on any atom is 0.240 e. The van der Waals surface area contributed by atoms with E-state index in [1.165, 1.54) is 0 Å². The quantitative estimate of drug-likeness (QED) is 0.790. The van der Waals surface area contributed by atoms with Crippen molar-refractivity contribution in [3.8, 4) is 11.5 Å². The maximum absolute atomic E-state index is 12.1. The third-order valence-corrected chi connectivity index (χ3v) is 4.78. The standard InChI is InChI=1S/C17H21NO4S/c1-13-4-7-15(8-5-13)23(19,20)18-10-11-22-16-9-6-14(2)12-17(16)21-3/h4-9,12,18H,10-11H2,1-3H3. The minimum absolute atomic E-state index is 0.174. The molecule has 1 N–H and O–H groups in total. The summed E-state index contributed by atoms with van der Waals surface area (Å²) in [5.74, 6) is 1.22. The number of hydrogen-bond donors (Lipinski definition) is 1. The Labute approximate surface area is 137 Å². The van der Waals surface area contributed by atoms with E-state index < -0.39 is 10.0 Å². The van der Waals surface area contributed by atoms with Crippen LogP contribution >= 0.6 is 0 Å². The fraction of sp³-hybridized carbons (Fsp3) is 0.294. The average Bonchev–Trinajstić information content (AvgIpc) is 2.53. The molecule has 0 spiro atoms. The molecule has 0 aliphatic carbocycles. The van der Waals surface area contributed by atoms with Crippen LogP contribution in [0.25, 0.3) is 0 Å². The highest BCUT2D eigenvalue weighted by Gasteiger charge is 2.13. The van der Waals surface area contributed by atoms with E-state index in [2.05, 4.69) is 4.72 Å². The van der Waals surface area contributed by atoms with Gasteiger partial charge >= 0.3 is 0 Å². The summed E-state index contributed by atoms with van der Waals surface area (Å²) in [6.45, 7) is 4.26. The smallest absolute Gasteiger partial charge is 0.240 e. The predicted molar refractivity (Wildman–Crippen MR) is 89.6 cm³/mol. The molecular weight excluding hydrogens is 314 g/mol. The summed E-state index contributed by atoms with van der Waals surface area (Å²) in [5, 5.41) is 0. The second-order valence-electron chi connectivity index (χ2n) is 5.21. The molecule has 23 heavy (non-hydrogen) atoms. The molecule has 124 valence electrons. The Balaban J connectivity index is 1.91. The Hall–Kier alpha value is -2.05. The highest BCUT2D eigenvalue weighted by atomic mass is 32.2. The molecule has 0 saturated heterocycles. The number of aryl methyl sites for hydroxylation is 2. The van der Waals surface area contributed by atoms with Crippen molar-refractivity contribution in [2.45, 2.75) is 18.7 Å². The maximum atomic E-state index is 12.1. The van der Waals surface area contributed by atoms with Gasteiger partial charge in [0.25, 0.3) is 0 Å². The molecule has 0 bridgehead atoms. The van der Waals surface area contributed by atoms with Crippen molar-refractivity contribution in [3.63, 3.8) is 0 Å². The Morgan fingerprint density at radius 1 is 0.957 bits per heavy atom. The van der Waals surface area contributed by atoms with E-state index in [4.69, 9.17) is 9.47 Å². The summed E-state index contributed by atoms with van der Waals surface area (Å²) in [5.41, 5.74) is 2.08. The molecule has 0 fully saturated rings. The highest BCUT2D eigenvalue weighted by molar-refractivity contribution is 7.89. The lowest BCUT2D eigenvalue weighted by Crippen LogP contribution is -2.28. The van der Waals surface area contributed by atoms with Crippen molar-refractivity contribution in [2.75, 3.05) is 20.3 Å². The van der Waals surface area contributed by atoms with E-state index in [0.29, 0.717) is 11.5 Å². The van der Waals surface area contributed by atoms with Gasteiger partial charge in [0.1, 0.15) is 6.61 Å². The fourth-order valence-electron chi connectivity index (χ4n) is 2.03. The van der Waals surface area contributed by atoms with Gasteiger partial charge in [-0.1, -0.05) is 23.8 Å². The first-order valence-electron chi connectivity index (χ1n) is 7.26. The third-order valence-electron chi connectivity index (χ3n) is 3.30. The summed E-state index contributed by atoms with van der Waals surface area (Å²) < 4.78 is 37.6. The van der Waals surface area contributed by atoms with Crippen LogP contribution in [0.4, 0.5) is 0 Å². The van der Waals surface area contributed by atoms with Crippen molar-refractivity contribution < 1.29 is 17.9 Å². The molecule has 2 aromatic rings. The molecular formula is C17H21NO4S. The van der Waals surface area contributed by atoms with Crippen LogP contribution in [0, 0.1) is 13.8 Å². The first-order valence-corrected chi connectivity index (χ1v) is 8.74. The molecule has 6 heteroatoms. The van der Waals surface area contributed by atoms with Crippen LogP contribution in [0.2, 0.25) is 0 Å². The molecule has 2 rings (SSSR count). The van der Waals surface area contributed by atoms with Crippen molar-refractivity contribution in [1.82, 2.24) is 4.72 Å². The largest absolute Gasteiger partial charge is 0.493 e. The minimum atomic E-state index is -3.52. The summed E-state index contributed by atoms with van der Waals surface area (Å²) >= 11 is 0. The Morgan fingerprint density at radius 2 is 1.61 bits per heavy atom. The van der Waals surface area contributed by atoms with Gasteiger partial charge in [0.05, 0.1) is 12.0 Å². The summed E-state index contributed by atoms with van der Waals surface area (Å²) in [7, 11) is -1.94. The van der Waals surface area contributed by atoms with Gasteiger partial charge in [-0.25, -0.2) is 13.1 Å². The monoisotopic (exact) mass is 335 g/mol. The Kier molecular flexibility index (Phi) is 5.63. The average molecular weight is 335 g/mol. The molecule has 0 aliphatic heterocycles. The Bertz CT molecular complexity index is 755. The van der Waals surface area contributed by atoms with Crippen LogP contribution in [0.15, 0.2) is 47.4 Å². The SMILES string of the molecule is COc1cc(C)ccc1OCCNS(=O)(=O)c1ccc(C)cc1. The van der Waals surface area contributed by atoms with E-state index in [0.717, 1.165) is 11.1 Å². The van der Waals surface area contributed by atoms with Crippen molar-refractivity contribution in [2.24, 2.45) is 0 Å². The number of rotatable bonds is 7. The lowest BCUT2D eigenvalue weighted by Gasteiger charge is -2.12. The fourth-order valence-corrected chi connectivity index (χ4v) is 3.04. The van der Waals surface area contributed by atoms with E-state index in [9.17, 15) is 8.42 Å². The molecule has 5 nitrogen and oxygen atoms in total. The predicted octanol–water partition coefficient (Wildman–Crippen LogP) is 2.67. The van der Waals surface area contributed by atoms with Crippen molar-refractivity contribution >= 4 is 10.0 Å². The zero-order valence-electron chi connectivity index (χ0n) is 13.5. The van der Waals surface area contributed by atoms with Gasteiger partial charge in [0.2, 0.25) is 10.0 Å². The van der Waals surface area contributed by atoms with E-state index >= 15 is 0 Å². The molecule has 0 radical (unpaired) electrons. The van der Waals surface area contributed by atoms with Crippen LogP contribution in [0.3, 0.4) is 0 Å². The number of sulfonamides is 1. The van der Waals surface area contributed by atoms with E-state index in [-0.39, 0.29) is 18.0 Å². The minimum Gasteiger partial charge on any atom is -0.493 e. The molecule has 0 aliphatic rings. The van der Waals surface area contributed by atoms with Gasteiger partial charge in [-0.05, 0) is 43.7 Å². The first-order chi connectivity index (χ1) is 10.9. The van der Waals surface area contributed by atoms with Gasteiger partial charge in [-0.15, -0.1) is 0 Å².